The van der Waals surface area contributed by atoms with Gasteiger partial charge in [-0.1, -0.05) is 6.92 Å². The molecule has 1 aliphatic rings. The zero-order valence-corrected chi connectivity index (χ0v) is 9.65. The maximum Gasteiger partial charge on any atom is 0.183 e. The second-order valence-electron chi connectivity index (χ2n) is 3.80. The second kappa shape index (κ2) is 4.28. The van der Waals surface area contributed by atoms with Crippen LogP contribution in [-0.4, -0.2) is 30.0 Å². The number of nitrogens with one attached hydrogen (secondary N) is 1. The van der Waals surface area contributed by atoms with Crippen molar-refractivity contribution in [2.75, 3.05) is 25.5 Å². The number of nitrogens with zero attached hydrogens (tertiary/aromatic N) is 2. The normalized spacial score (nSPS) is 16.7. The molecule has 0 saturated heterocycles. The number of likely N-dealkylation sites (N-methyl/N-ethyl adjacent to an activating group) is 1. The van der Waals surface area contributed by atoms with Crippen LogP contribution in [0.1, 0.15) is 23.9 Å². The van der Waals surface area contributed by atoms with Crippen LogP contribution >= 0.6 is 11.3 Å². The number of fused-ring (bicyclic) bond motifs is 1. The fraction of sp³-hybridized carbons (Fsp3) is 0.700. The Morgan fingerprint density at radius 2 is 2.43 bits per heavy atom. The highest BCUT2D eigenvalue weighted by atomic mass is 32.1. The summed E-state index contributed by atoms with van der Waals surface area (Å²) in [7, 11) is 2.17. The van der Waals surface area contributed by atoms with Crippen molar-refractivity contribution >= 4 is 16.5 Å². The molecule has 1 N–H and O–H groups in total. The molecule has 3 nitrogen and oxygen atoms in total. The Morgan fingerprint density at radius 1 is 1.57 bits per heavy atom. The van der Waals surface area contributed by atoms with E-state index in [0.29, 0.717) is 0 Å². The van der Waals surface area contributed by atoms with E-state index in [9.17, 15) is 0 Å². The summed E-state index contributed by atoms with van der Waals surface area (Å²) in [6.45, 7) is 5.42. The largest absolute Gasteiger partial charge is 0.362 e. The number of hydrogen-bond donors (Lipinski definition) is 1. The minimum atomic E-state index is 1.03. The third kappa shape index (κ3) is 2.07. The standard InChI is InChI=1S/C10H17N3S/c1-3-5-11-10-12-8-4-6-13(2)7-9(8)14-10/h3-7H2,1-2H3,(H,11,12). The van der Waals surface area contributed by atoms with Crippen molar-refractivity contribution in [2.45, 2.75) is 26.3 Å². The smallest absolute Gasteiger partial charge is 0.183 e. The summed E-state index contributed by atoms with van der Waals surface area (Å²) in [5, 5.41) is 4.46. The van der Waals surface area contributed by atoms with E-state index < -0.39 is 0 Å². The lowest BCUT2D eigenvalue weighted by molar-refractivity contribution is 0.314. The summed E-state index contributed by atoms with van der Waals surface area (Å²) >= 11 is 1.82. The molecule has 1 aromatic rings. The van der Waals surface area contributed by atoms with Crippen molar-refractivity contribution in [1.82, 2.24) is 9.88 Å². The van der Waals surface area contributed by atoms with Crippen molar-refractivity contribution in [2.24, 2.45) is 0 Å². The lowest BCUT2D eigenvalue weighted by Gasteiger charge is -2.20. The molecule has 0 fully saturated rings. The van der Waals surface area contributed by atoms with Crippen LogP contribution in [0.5, 0.6) is 0 Å². The fourth-order valence-corrected chi connectivity index (χ4v) is 2.74. The van der Waals surface area contributed by atoms with Crippen LogP contribution < -0.4 is 5.32 Å². The van der Waals surface area contributed by atoms with Gasteiger partial charge < -0.3 is 10.2 Å². The predicted molar refractivity (Wildman–Crippen MR) is 60.9 cm³/mol. The lowest BCUT2D eigenvalue weighted by atomic mass is 10.2. The number of aromatic nitrogens is 1. The van der Waals surface area contributed by atoms with Gasteiger partial charge in [-0.15, -0.1) is 11.3 Å². The highest BCUT2D eigenvalue weighted by Crippen LogP contribution is 2.27. The Kier molecular flexibility index (Phi) is 3.03. The minimum Gasteiger partial charge on any atom is -0.362 e. The van der Waals surface area contributed by atoms with Crippen LogP contribution in [0.2, 0.25) is 0 Å². The van der Waals surface area contributed by atoms with E-state index in [1.165, 1.54) is 10.6 Å². The van der Waals surface area contributed by atoms with E-state index in [2.05, 4.69) is 29.2 Å². The molecular formula is C10H17N3S. The highest BCUT2D eigenvalue weighted by Gasteiger charge is 2.17. The number of rotatable bonds is 3. The summed E-state index contributed by atoms with van der Waals surface area (Å²) in [4.78, 5) is 8.40. The third-order valence-electron chi connectivity index (χ3n) is 2.45. The minimum absolute atomic E-state index is 1.03. The fourth-order valence-electron chi connectivity index (χ4n) is 1.63. The quantitative estimate of drug-likeness (QED) is 0.828. The molecule has 0 atom stereocenters. The molecule has 1 aromatic heterocycles. The molecule has 1 aliphatic heterocycles. The zero-order chi connectivity index (χ0) is 9.97. The van der Waals surface area contributed by atoms with Crippen molar-refractivity contribution < 1.29 is 0 Å². The van der Waals surface area contributed by atoms with Crippen molar-refractivity contribution in [1.29, 1.82) is 0 Å². The van der Waals surface area contributed by atoms with E-state index in [-0.39, 0.29) is 0 Å². The van der Waals surface area contributed by atoms with E-state index >= 15 is 0 Å². The highest BCUT2D eigenvalue weighted by molar-refractivity contribution is 7.15. The van der Waals surface area contributed by atoms with Crippen LogP contribution in [0, 0.1) is 0 Å². The lowest BCUT2D eigenvalue weighted by Crippen LogP contribution is -2.25. The molecule has 0 aliphatic carbocycles. The van der Waals surface area contributed by atoms with E-state index in [0.717, 1.165) is 37.6 Å². The van der Waals surface area contributed by atoms with Gasteiger partial charge >= 0.3 is 0 Å². The first-order valence-electron chi connectivity index (χ1n) is 5.20. The SMILES string of the molecule is CCCNc1nc2c(s1)CN(C)CC2. The average molecular weight is 211 g/mol. The number of hydrogen-bond acceptors (Lipinski definition) is 4. The second-order valence-corrected chi connectivity index (χ2v) is 4.89. The molecule has 0 spiro atoms. The van der Waals surface area contributed by atoms with E-state index in [1.807, 2.05) is 11.3 Å². The molecule has 2 heterocycles. The van der Waals surface area contributed by atoms with E-state index in [1.54, 1.807) is 0 Å². The molecular weight excluding hydrogens is 194 g/mol. The van der Waals surface area contributed by atoms with Gasteiger partial charge in [-0.25, -0.2) is 4.98 Å². The van der Waals surface area contributed by atoms with Crippen molar-refractivity contribution in [3.8, 4) is 0 Å². The Labute approximate surface area is 89.1 Å². The molecule has 2 rings (SSSR count). The monoisotopic (exact) mass is 211 g/mol. The number of thiazole rings is 1. The first-order valence-corrected chi connectivity index (χ1v) is 6.02. The Hall–Kier alpha value is -0.610. The van der Waals surface area contributed by atoms with Crippen LogP contribution in [0.25, 0.3) is 0 Å². The molecule has 0 aromatic carbocycles. The first-order chi connectivity index (χ1) is 6.79. The summed E-state index contributed by atoms with van der Waals surface area (Å²) < 4.78 is 0. The molecule has 14 heavy (non-hydrogen) atoms. The van der Waals surface area contributed by atoms with E-state index in [4.69, 9.17) is 0 Å². The predicted octanol–water partition coefficient (Wildman–Crippen LogP) is 1.95. The van der Waals surface area contributed by atoms with Crippen molar-refractivity contribution in [3.63, 3.8) is 0 Å². The Balaban J connectivity index is 2.07. The van der Waals surface area contributed by atoms with Gasteiger partial charge in [0.1, 0.15) is 0 Å². The molecule has 0 saturated carbocycles. The van der Waals surface area contributed by atoms with Gasteiger partial charge in [-0.2, -0.15) is 0 Å². The van der Waals surface area contributed by atoms with Gasteiger partial charge in [0.15, 0.2) is 5.13 Å². The van der Waals surface area contributed by atoms with Gasteiger partial charge in [0.25, 0.3) is 0 Å². The summed E-state index contributed by atoms with van der Waals surface area (Å²) in [5.41, 5.74) is 1.31. The number of anilines is 1. The molecule has 0 radical (unpaired) electrons. The molecule has 0 bridgehead atoms. The summed E-state index contributed by atoms with van der Waals surface area (Å²) in [5.74, 6) is 0. The van der Waals surface area contributed by atoms with Gasteiger partial charge in [-0.3, -0.25) is 0 Å². The van der Waals surface area contributed by atoms with Gasteiger partial charge in [0.2, 0.25) is 0 Å². The molecule has 78 valence electrons. The maximum atomic E-state index is 4.60. The average Bonchev–Trinajstić information content (AvgIpc) is 2.56. The zero-order valence-electron chi connectivity index (χ0n) is 8.84. The van der Waals surface area contributed by atoms with Crippen LogP contribution in [0.3, 0.4) is 0 Å². The van der Waals surface area contributed by atoms with Crippen LogP contribution in [-0.2, 0) is 13.0 Å². The molecule has 4 heteroatoms. The molecule has 0 amide bonds. The van der Waals surface area contributed by atoms with Crippen LogP contribution in [0.15, 0.2) is 0 Å². The Bertz CT molecular complexity index is 308. The molecule has 0 unspecified atom stereocenters. The summed E-state index contributed by atoms with van der Waals surface area (Å²) in [6.07, 6.45) is 2.26. The van der Waals surface area contributed by atoms with Gasteiger partial charge in [-0.05, 0) is 13.5 Å². The van der Waals surface area contributed by atoms with Gasteiger partial charge in [0.05, 0.1) is 5.69 Å². The third-order valence-corrected chi connectivity index (χ3v) is 3.49. The van der Waals surface area contributed by atoms with Crippen molar-refractivity contribution in [3.05, 3.63) is 10.6 Å². The van der Waals surface area contributed by atoms with Gasteiger partial charge in [0, 0.05) is 30.9 Å². The summed E-state index contributed by atoms with van der Waals surface area (Å²) in [6, 6.07) is 0. The topological polar surface area (TPSA) is 28.2 Å². The first kappa shape index (κ1) is 9.93. The Morgan fingerprint density at radius 3 is 3.21 bits per heavy atom. The van der Waals surface area contributed by atoms with Crippen LogP contribution in [0.4, 0.5) is 5.13 Å². The maximum absolute atomic E-state index is 4.60.